The van der Waals surface area contributed by atoms with Crippen molar-refractivity contribution < 1.29 is 28.2 Å². The summed E-state index contributed by atoms with van der Waals surface area (Å²) in [6.07, 6.45) is 0. The Hall–Kier alpha value is -2.18. The molecule has 0 bridgehead atoms. The molecule has 18 heavy (non-hydrogen) atoms. The predicted molar refractivity (Wildman–Crippen MR) is 57.1 cm³/mol. The van der Waals surface area contributed by atoms with Crippen LogP contribution in [0.15, 0.2) is 18.2 Å². The normalized spacial score (nSPS) is 11.7. The molecule has 1 amide bonds. The molecule has 0 radical (unpaired) electrons. The van der Waals surface area contributed by atoms with Crippen molar-refractivity contribution in [2.45, 2.75) is 13.0 Å². The number of nitrogens with one attached hydrogen (secondary N) is 1. The van der Waals surface area contributed by atoms with Crippen LogP contribution in [0, 0.1) is 11.6 Å². The number of aliphatic carboxylic acids is 1. The number of benzene rings is 1. The van der Waals surface area contributed by atoms with Crippen molar-refractivity contribution in [3.05, 3.63) is 29.8 Å². The van der Waals surface area contributed by atoms with Crippen molar-refractivity contribution in [3.8, 4) is 5.75 Å². The van der Waals surface area contributed by atoms with E-state index < -0.39 is 36.2 Å². The van der Waals surface area contributed by atoms with Crippen LogP contribution >= 0.6 is 0 Å². The number of carbonyl (C=O) groups excluding carboxylic acids is 1. The van der Waals surface area contributed by atoms with Gasteiger partial charge in [0.1, 0.15) is 23.4 Å². The van der Waals surface area contributed by atoms with Crippen LogP contribution in [-0.2, 0) is 9.59 Å². The second-order valence-electron chi connectivity index (χ2n) is 3.52. The molecular formula is C11H11F2NO4. The molecule has 0 spiro atoms. The molecule has 0 aromatic heterocycles. The molecule has 98 valence electrons. The summed E-state index contributed by atoms with van der Waals surface area (Å²) < 4.78 is 30.4. The second kappa shape index (κ2) is 5.95. The third kappa shape index (κ3) is 4.36. The van der Waals surface area contributed by atoms with E-state index in [1.165, 1.54) is 6.92 Å². The van der Waals surface area contributed by atoms with Crippen LogP contribution in [0.4, 0.5) is 8.78 Å². The van der Waals surface area contributed by atoms with Crippen LogP contribution in [0.3, 0.4) is 0 Å². The first-order chi connectivity index (χ1) is 8.38. The number of hydrogen-bond acceptors (Lipinski definition) is 3. The Labute approximate surface area is 101 Å². The predicted octanol–water partition coefficient (Wildman–Crippen LogP) is 0.933. The Kier molecular flexibility index (Phi) is 4.59. The fourth-order valence-corrected chi connectivity index (χ4v) is 1.11. The lowest BCUT2D eigenvalue weighted by molar-refractivity contribution is -0.141. The maximum absolute atomic E-state index is 12.8. The van der Waals surface area contributed by atoms with Crippen molar-refractivity contribution in [1.29, 1.82) is 0 Å². The Morgan fingerprint density at radius 1 is 1.33 bits per heavy atom. The quantitative estimate of drug-likeness (QED) is 0.825. The van der Waals surface area contributed by atoms with Gasteiger partial charge in [-0.2, -0.15) is 0 Å². The van der Waals surface area contributed by atoms with Gasteiger partial charge >= 0.3 is 5.97 Å². The molecule has 0 saturated carbocycles. The minimum Gasteiger partial charge on any atom is -0.484 e. The van der Waals surface area contributed by atoms with Crippen LogP contribution in [0.2, 0.25) is 0 Å². The topological polar surface area (TPSA) is 75.6 Å². The number of halogens is 2. The van der Waals surface area contributed by atoms with Gasteiger partial charge in [-0.05, 0) is 6.92 Å². The summed E-state index contributed by atoms with van der Waals surface area (Å²) in [5.74, 6) is -3.70. The Balaban J connectivity index is 2.50. The molecular weight excluding hydrogens is 248 g/mol. The first-order valence-electron chi connectivity index (χ1n) is 4.99. The molecule has 1 aromatic rings. The average molecular weight is 259 g/mol. The van der Waals surface area contributed by atoms with Crippen LogP contribution in [0.5, 0.6) is 5.75 Å². The first-order valence-corrected chi connectivity index (χ1v) is 4.99. The number of ether oxygens (including phenoxy) is 1. The first kappa shape index (κ1) is 13.9. The highest BCUT2D eigenvalue weighted by atomic mass is 19.1. The van der Waals surface area contributed by atoms with Gasteiger partial charge in [0.25, 0.3) is 5.91 Å². The van der Waals surface area contributed by atoms with E-state index in [4.69, 9.17) is 9.84 Å². The molecule has 2 N–H and O–H groups in total. The summed E-state index contributed by atoms with van der Waals surface area (Å²) in [6.45, 7) is 0.753. The standard InChI is InChI=1S/C11H11F2NO4/c1-6(11(16)17)14-10(15)5-18-9-3-7(12)2-8(13)4-9/h2-4,6H,5H2,1H3,(H,14,15)(H,16,17). The van der Waals surface area contributed by atoms with Gasteiger partial charge in [-0.1, -0.05) is 0 Å². The molecule has 0 aliphatic rings. The van der Waals surface area contributed by atoms with Gasteiger partial charge in [0, 0.05) is 18.2 Å². The summed E-state index contributed by atoms with van der Waals surface area (Å²) in [6, 6.07) is 1.43. The largest absolute Gasteiger partial charge is 0.484 e. The Morgan fingerprint density at radius 2 is 1.89 bits per heavy atom. The summed E-state index contributed by atoms with van der Waals surface area (Å²) in [5.41, 5.74) is 0. The van der Waals surface area contributed by atoms with Crippen molar-refractivity contribution >= 4 is 11.9 Å². The van der Waals surface area contributed by atoms with Crippen LogP contribution in [-0.4, -0.2) is 29.6 Å². The lowest BCUT2D eigenvalue weighted by Gasteiger charge is -2.10. The molecule has 1 rings (SSSR count). The lowest BCUT2D eigenvalue weighted by atomic mass is 10.3. The summed E-state index contributed by atoms with van der Waals surface area (Å²) >= 11 is 0. The summed E-state index contributed by atoms with van der Waals surface area (Å²) in [4.78, 5) is 21.7. The Bertz CT molecular complexity index is 444. The molecule has 1 unspecified atom stereocenters. The molecule has 0 saturated heterocycles. The summed E-state index contributed by atoms with van der Waals surface area (Å²) in [5, 5.41) is 10.7. The van der Waals surface area contributed by atoms with E-state index in [1.807, 2.05) is 0 Å². The zero-order valence-electron chi connectivity index (χ0n) is 9.44. The SMILES string of the molecule is CC(NC(=O)COc1cc(F)cc(F)c1)C(=O)O. The number of rotatable bonds is 5. The van der Waals surface area contributed by atoms with Crippen molar-refractivity contribution in [3.63, 3.8) is 0 Å². The highest BCUT2D eigenvalue weighted by molar-refractivity contribution is 5.84. The van der Waals surface area contributed by atoms with Crippen molar-refractivity contribution in [2.24, 2.45) is 0 Å². The van der Waals surface area contributed by atoms with Crippen LogP contribution in [0.25, 0.3) is 0 Å². The second-order valence-corrected chi connectivity index (χ2v) is 3.52. The summed E-state index contributed by atoms with van der Waals surface area (Å²) in [7, 11) is 0. The van der Waals surface area contributed by atoms with E-state index in [2.05, 4.69) is 5.32 Å². The maximum Gasteiger partial charge on any atom is 0.325 e. The van der Waals surface area contributed by atoms with Crippen molar-refractivity contribution in [1.82, 2.24) is 5.32 Å². The molecule has 1 atom stereocenters. The highest BCUT2D eigenvalue weighted by Gasteiger charge is 2.14. The van der Waals surface area contributed by atoms with E-state index in [0.29, 0.717) is 6.07 Å². The van der Waals surface area contributed by atoms with E-state index >= 15 is 0 Å². The molecule has 0 heterocycles. The highest BCUT2D eigenvalue weighted by Crippen LogP contribution is 2.14. The fraction of sp³-hybridized carbons (Fsp3) is 0.273. The third-order valence-corrected chi connectivity index (χ3v) is 1.95. The molecule has 0 aliphatic carbocycles. The van der Waals surface area contributed by atoms with Crippen LogP contribution < -0.4 is 10.1 Å². The monoisotopic (exact) mass is 259 g/mol. The molecule has 7 heteroatoms. The Morgan fingerprint density at radius 3 is 2.39 bits per heavy atom. The van der Waals surface area contributed by atoms with Gasteiger partial charge in [-0.25, -0.2) is 8.78 Å². The molecule has 0 aliphatic heterocycles. The smallest absolute Gasteiger partial charge is 0.325 e. The van der Waals surface area contributed by atoms with Crippen molar-refractivity contribution in [2.75, 3.05) is 6.61 Å². The molecule has 1 aromatic carbocycles. The number of amides is 1. The number of hydrogen-bond donors (Lipinski definition) is 2. The van der Waals surface area contributed by atoms with E-state index in [1.54, 1.807) is 0 Å². The molecule has 5 nitrogen and oxygen atoms in total. The minimum absolute atomic E-state index is 0.148. The lowest BCUT2D eigenvalue weighted by Crippen LogP contribution is -2.40. The van der Waals surface area contributed by atoms with Crippen LogP contribution in [0.1, 0.15) is 6.92 Å². The van der Waals surface area contributed by atoms with Gasteiger partial charge < -0.3 is 15.2 Å². The number of carbonyl (C=O) groups is 2. The fourth-order valence-electron chi connectivity index (χ4n) is 1.11. The van der Waals surface area contributed by atoms with Gasteiger partial charge in [-0.3, -0.25) is 9.59 Å². The number of carboxylic acids is 1. The average Bonchev–Trinajstić information content (AvgIpc) is 2.25. The third-order valence-electron chi connectivity index (χ3n) is 1.95. The van der Waals surface area contributed by atoms with Gasteiger partial charge in [0.05, 0.1) is 0 Å². The van der Waals surface area contributed by atoms with Gasteiger partial charge in [0.15, 0.2) is 6.61 Å². The van der Waals surface area contributed by atoms with E-state index in [0.717, 1.165) is 12.1 Å². The molecule has 0 fully saturated rings. The van der Waals surface area contributed by atoms with E-state index in [-0.39, 0.29) is 5.75 Å². The maximum atomic E-state index is 12.8. The number of carboxylic acid groups (broad SMARTS) is 1. The van der Waals surface area contributed by atoms with E-state index in [9.17, 15) is 18.4 Å². The minimum atomic E-state index is -1.19. The zero-order valence-corrected chi connectivity index (χ0v) is 9.44. The van der Waals surface area contributed by atoms with Gasteiger partial charge in [0.2, 0.25) is 0 Å². The van der Waals surface area contributed by atoms with Gasteiger partial charge in [-0.15, -0.1) is 0 Å². The zero-order chi connectivity index (χ0) is 13.7.